The van der Waals surface area contributed by atoms with Gasteiger partial charge in [0.15, 0.2) is 0 Å². The predicted octanol–water partition coefficient (Wildman–Crippen LogP) is 2.48. The van der Waals surface area contributed by atoms with Gasteiger partial charge in [0.1, 0.15) is 10.3 Å². The highest BCUT2D eigenvalue weighted by molar-refractivity contribution is 9.10. The van der Waals surface area contributed by atoms with Crippen LogP contribution >= 0.6 is 15.9 Å². The molecule has 2 atom stereocenters. The summed E-state index contributed by atoms with van der Waals surface area (Å²) in [6, 6.07) is 0.611. The van der Waals surface area contributed by atoms with Crippen LogP contribution in [0.1, 0.15) is 38.4 Å². The van der Waals surface area contributed by atoms with Crippen LogP contribution in [-0.2, 0) is 6.54 Å². The Bertz CT molecular complexity index is 486. The zero-order valence-electron chi connectivity index (χ0n) is 11.7. The molecule has 5 heteroatoms. The first-order valence-corrected chi connectivity index (χ1v) is 7.82. The van der Waals surface area contributed by atoms with E-state index < -0.39 is 0 Å². The fourth-order valence-electron chi connectivity index (χ4n) is 2.81. The van der Waals surface area contributed by atoms with E-state index in [2.05, 4.69) is 33.2 Å². The lowest BCUT2D eigenvalue weighted by molar-refractivity contribution is 0.298. The number of nitrogens with one attached hydrogen (secondary N) is 1. The zero-order valence-corrected chi connectivity index (χ0v) is 13.2. The molecule has 0 bridgehead atoms. The monoisotopic (exact) mass is 327 g/mol. The highest BCUT2D eigenvalue weighted by Gasteiger charge is 2.18. The first-order valence-electron chi connectivity index (χ1n) is 7.03. The Kier molecular flexibility index (Phi) is 5.16. The summed E-state index contributed by atoms with van der Waals surface area (Å²) < 4.78 is 2.26. The minimum atomic E-state index is 0.00584. The minimum absolute atomic E-state index is 0.00584. The van der Waals surface area contributed by atoms with Crippen molar-refractivity contribution in [2.24, 2.45) is 5.92 Å². The number of hydrogen-bond acceptors (Lipinski definition) is 3. The molecule has 0 aliphatic heterocycles. The summed E-state index contributed by atoms with van der Waals surface area (Å²) in [5.41, 5.74) is 0.00584. The summed E-state index contributed by atoms with van der Waals surface area (Å²) in [4.78, 5) is 16.2. The summed E-state index contributed by atoms with van der Waals surface area (Å²) in [6.07, 6.45) is 6.76. The molecule has 1 aliphatic carbocycles. The van der Waals surface area contributed by atoms with Crippen molar-refractivity contribution in [1.29, 1.82) is 0 Å². The van der Waals surface area contributed by atoms with Crippen molar-refractivity contribution in [2.45, 2.75) is 52.1 Å². The Morgan fingerprint density at radius 2 is 2.32 bits per heavy atom. The maximum atomic E-state index is 12.0. The second-order valence-electron chi connectivity index (χ2n) is 5.53. The summed E-state index contributed by atoms with van der Waals surface area (Å²) in [5, 5.41) is 3.57. The molecule has 1 N–H and O–H groups in total. The summed E-state index contributed by atoms with van der Waals surface area (Å²) in [7, 11) is 0. The van der Waals surface area contributed by atoms with Crippen LogP contribution in [0.4, 0.5) is 0 Å². The molecule has 0 radical (unpaired) electrons. The Morgan fingerprint density at radius 1 is 1.53 bits per heavy atom. The van der Waals surface area contributed by atoms with Crippen LogP contribution in [0, 0.1) is 12.8 Å². The predicted molar refractivity (Wildman–Crippen MR) is 80.4 cm³/mol. The van der Waals surface area contributed by atoms with Gasteiger partial charge in [0.25, 0.3) is 5.56 Å². The molecule has 1 aromatic rings. The molecule has 1 aromatic heterocycles. The molecule has 106 valence electrons. The van der Waals surface area contributed by atoms with Crippen LogP contribution in [0.15, 0.2) is 15.5 Å². The third-order valence-corrected chi connectivity index (χ3v) is 4.45. The van der Waals surface area contributed by atoms with Gasteiger partial charge in [-0.05, 0) is 41.6 Å². The Morgan fingerprint density at radius 3 is 3.05 bits per heavy atom. The normalized spacial score (nSPS) is 23.5. The molecule has 19 heavy (non-hydrogen) atoms. The molecule has 0 saturated heterocycles. The smallest absolute Gasteiger partial charge is 0.267 e. The van der Waals surface area contributed by atoms with Gasteiger partial charge in [-0.25, -0.2) is 4.98 Å². The Hall–Kier alpha value is -0.680. The summed E-state index contributed by atoms with van der Waals surface area (Å²) in [6.45, 7) is 5.70. The SMILES string of the molecule is Cc1ncc(Br)c(=O)n1CCNC1CCCC(C)C1. The maximum absolute atomic E-state index is 12.0. The lowest BCUT2D eigenvalue weighted by Crippen LogP contribution is -2.37. The third kappa shape index (κ3) is 3.89. The number of hydrogen-bond donors (Lipinski definition) is 1. The van der Waals surface area contributed by atoms with Crippen LogP contribution in [-0.4, -0.2) is 22.1 Å². The van der Waals surface area contributed by atoms with Crippen molar-refractivity contribution in [3.8, 4) is 0 Å². The largest absolute Gasteiger partial charge is 0.312 e. The number of aromatic nitrogens is 2. The molecule has 0 spiro atoms. The van der Waals surface area contributed by atoms with Crippen LogP contribution in [0.5, 0.6) is 0 Å². The molecule has 1 heterocycles. The Balaban J connectivity index is 1.89. The quantitative estimate of drug-likeness (QED) is 0.924. The average molecular weight is 328 g/mol. The van der Waals surface area contributed by atoms with E-state index in [1.807, 2.05) is 6.92 Å². The van der Waals surface area contributed by atoms with Gasteiger partial charge in [-0.3, -0.25) is 9.36 Å². The zero-order chi connectivity index (χ0) is 13.8. The van der Waals surface area contributed by atoms with Crippen LogP contribution in [0.25, 0.3) is 0 Å². The number of aryl methyl sites for hydroxylation is 1. The molecule has 0 amide bonds. The number of halogens is 1. The Labute approximate surface area is 122 Å². The second-order valence-corrected chi connectivity index (χ2v) is 6.39. The molecule has 2 unspecified atom stereocenters. The van der Waals surface area contributed by atoms with Crippen LogP contribution < -0.4 is 10.9 Å². The first-order chi connectivity index (χ1) is 9.08. The highest BCUT2D eigenvalue weighted by Crippen LogP contribution is 2.23. The molecular formula is C14H22BrN3O. The fourth-order valence-corrected chi connectivity index (χ4v) is 3.13. The van der Waals surface area contributed by atoms with Crippen LogP contribution in [0.2, 0.25) is 0 Å². The van der Waals surface area contributed by atoms with Gasteiger partial charge >= 0.3 is 0 Å². The molecule has 4 nitrogen and oxygen atoms in total. The van der Waals surface area contributed by atoms with E-state index in [1.165, 1.54) is 25.7 Å². The molecule has 1 saturated carbocycles. The summed E-state index contributed by atoms with van der Waals surface area (Å²) >= 11 is 3.24. The number of rotatable bonds is 4. The van der Waals surface area contributed by atoms with Gasteiger partial charge in [0.05, 0.1) is 0 Å². The van der Waals surface area contributed by atoms with Crippen molar-refractivity contribution in [2.75, 3.05) is 6.54 Å². The second kappa shape index (κ2) is 6.66. The van der Waals surface area contributed by atoms with Gasteiger partial charge in [-0.1, -0.05) is 19.8 Å². The van der Waals surface area contributed by atoms with E-state index in [9.17, 15) is 4.79 Å². The lowest BCUT2D eigenvalue weighted by Gasteiger charge is -2.27. The standard InChI is InChI=1S/C14H22BrN3O/c1-10-4-3-5-12(8-10)16-6-7-18-11(2)17-9-13(15)14(18)19/h9-10,12,16H,3-8H2,1-2H3. The van der Waals surface area contributed by atoms with E-state index in [0.29, 0.717) is 17.1 Å². The van der Waals surface area contributed by atoms with Gasteiger partial charge in [-0.2, -0.15) is 0 Å². The van der Waals surface area contributed by atoms with E-state index in [0.717, 1.165) is 18.3 Å². The first kappa shape index (κ1) is 14.7. The topological polar surface area (TPSA) is 46.9 Å². The van der Waals surface area contributed by atoms with Gasteiger partial charge < -0.3 is 5.32 Å². The molecule has 1 aliphatic rings. The highest BCUT2D eigenvalue weighted by atomic mass is 79.9. The van der Waals surface area contributed by atoms with Crippen molar-refractivity contribution in [3.05, 3.63) is 26.8 Å². The molecule has 2 rings (SSSR count). The molecule has 1 fully saturated rings. The van der Waals surface area contributed by atoms with E-state index >= 15 is 0 Å². The third-order valence-electron chi connectivity index (χ3n) is 3.91. The van der Waals surface area contributed by atoms with Gasteiger partial charge in [0, 0.05) is 25.3 Å². The van der Waals surface area contributed by atoms with E-state index in [4.69, 9.17) is 0 Å². The van der Waals surface area contributed by atoms with Gasteiger partial charge in [-0.15, -0.1) is 0 Å². The molecule has 0 aromatic carbocycles. The van der Waals surface area contributed by atoms with Crippen molar-refractivity contribution in [1.82, 2.24) is 14.9 Å². The van der Waals surface area contributed by atoms with Crippen molar-refractivity contribution < 1.29 is 0 Å². The minimum Gasteiger partial charge on any atom is -0.312 e. The van der Waals surface area contributed by atoms with E-state index in [1.54, 1.807) is 10.8 Å². The van der Waals surface area contributed by atoms with Crippen LogP contribution in [0.3, 0.4) is 0 Å². The van der Waals surface area contributed by atoms with Gasteiger partial charge in [0.2, 0.25) is 0 Å². The van der Waals surface area contributed by atoms with E-state index in [-0.39, 0.29) is 5.56 Å². The summed E-state index contributed by atoms with van der Waals surface area (Å²) in [5.74, 6) is 1.59. The van der Waals surface area contributed by atoms with Crippen molar-refractivity contribution >= 4 is 15.9 Å². The fraction of sp³-hybridized carbons (Fsp3) is 0.714. The number of nitrogens with zero attached hydrogens (tertiary/aromatic N) is 2. The average Bonchev–Trinajstić information content (AvgIpc) is 2.38. The maximum Gasteiger partial charge on any atom is 0.267 e. The van der Waals surface area contributed by atoms with Crippen molar-refractivity contribution in [3.63, 3.8) is 0 Å². The lowest BCUT2D eigenvalue weighted by atomic mass is 9.87. The molecular weight excluding hydrogens is 306 g/mol.